The predicted octanol–water partition coefficient (Wildman–Crippen LogP) is 9.14. The van der Waals surface area contributed by atoms with Crippen LogP contribution in [0.25, 0.3) is 6.08 Å². The van der Waals surface area contributed by atoms with Crippen molar-refractivity contribution in [3.8, 4) is 23.1 Å². The Kier molecular flexibility index (Phi) is 11.7. The van der Waals surface area contributed by atoms with Gasteiger partial charge >= 0.3 is 0 Å². The number of nitrogens with zero attached hydrogens (tertiary/aromatic N) is 3. The monoisotopic (exact) mass is 711 g/mol. The van der Waals surface area contributed by atoms with Gasteiger partial charge in [-0.25, -0.2) is 9.37 Å². The number of pyridine rings is 1. The molecule has 1 fully saturated rings. The van der Waals surface area contributed by atoms with Crippen LogP contribution < -0.4 is 14.2 Å². The molecule has 6 rings (SSSR count). The molecule has 0 radical (unpaired) electrons. The van der Waals surface area contributed by atoms with Crippen molar-refractivity contribution in [2.45, 2.75) is 26.7 Å². The fraction of sp³-hybridized carbons (Fsp3) is 0.200. The topological polar surface area (TPSA) is 64.1 Å². The molecule has 7 nitrogen and oxygen atoms in total. The number of hydrogen-bond donors (Lipinski definition) is 0. The number of carbonyl (C=O) groups is 1. The number of ether oxygens (including phenoxy) is 3. The van der Waals surface area contributed by atoms with Crippen LogP contribution in [-0.4, -0.2) is 46.9 Å². The van der Waals surface area contributed by atoms with E-state index in [9.17, 15) is 9.18 Å². The highest BCUT2D eigenvalue weighted by Gasteiger charge is 2.20. The first-order valence-electron chi connectivity index (χ1n) is 16.2. The number of piperazine rings is 1. The summed E-state index contributed by atoms with van der Waals surface area (Å²) in [6, 6.07) is 29.0. The van der Waals surface area contributed by atoms with Crippen LogP contribution in [0.1, 0.15) is 27.8 Å². The van der Waals surface area contributed by atoms with E-state index in [1.54, 1.807) is 48.7 Å². The summed E-state index contributed by atoms with van der Waals surface area (Å²) in [7, 11) is 0. The van der Waals surface area contributed by atoms with Gasteiger partial charge < -0.3 is 19.1 Å². The Bertz CT molecular complexity index is 1910. The SMILES string of the molecule is Cc1cc(C=CC(=O)N2CCN(Cc3ccc(COc4ccc(F)cc4)cc3)CC2)cc(Cl)c1Oc1ccc(OCc2ccccc2Cl)cn1. The molecule has 5 aromatic rings. The Morgan fingerprint density at radius 3 is 2.22 bits per heavy atom. The van der Waals surface area contributed by atoms with Gasteiger partial charge in [0, 0.05) is 55.5 Å². The van der Waals surface area contributed by atoms with E-state index in [-0.39, 0.29) is 11.7 Å². The first-order valence-corrected chi connectivity index (χ1v) is 17.0. The molecular weight excluding hydrogens is 676 g/mol. The summed E-state index contributed by atoms with van der Waals surface area (Å²) in [5.74, 6) is 1.77. The lowest BCUT2D eigenvalue weighted by molar-refractivity contribution is -0.127. The molecule has 0 aliphatic carbocycles. The van der Waals surface area contributed by atoms with E-state index in [2.05, 4.69) is 22.0 Å². The number of amides is 1. The van der Waals surface area contributed by atoms with Crippen LogP contribution in [0.4, 0.5) is 4.39 Å². The van der Waals surface area contributed by atoms with Gasteiger partial charge in [-0.1, -0.05) is 65.7 Å². The first kappa shape index (κ1) is 35.0. The lowest BCUT2D eigenvalue weighted by atomic mass is 10.1. The van der Waals surface area contributed by atoms with Gasteiger partial charge in [0.25, 0.3) is 0 Å². The Morgan fingerprint density at radius 2 is 1.52 bits per heavy atom. The van der Waals surface area contributed by atoms with Crippen LogP contribution >= 0.6 is 23.2 Å². The third kappa shape index (κ3) is 9.63. The van der Waals surface area contributed by atoms with Crippen LogP contribution in [-0.2, 0) is 24.6 Å². The average Bonchev–Trinajstić information content (AvgIpc) is 3.13. The molecule has 256 valence electrons. The molecule has 0 spiro atoms. The van der Waals surface area contributed by atoms with Gasteiger partial charge in [0.1, 0.15) is 30.5 Å². The second-order valence-electron chi connectivity index (χ2n) is 12.0. The standard InChI is InChI=1S/C40H36Cl2FN3O4/c1-28-22-31(23-37(42)40(28)50-38-16-15-35(24-44-38)49-27-32-4-2-3-5-36(32)41)10-17-39(47)46-20-18-45(19-21-46)25-29-6-8-30(9-7-29)26-48-34-13-11-33(43)12-14-34/h2-17,22-24H,18-21,25-27H2,1H3. The zero-order chi connectivity index (χ0) is 34.9. The number of carbonyl (C=O) groups excluding carboxylic acids is 1. The minimum absolute atomic E-state index is 0.0368. The first-order chi connectivity index (χ1) is 24.3. The van der Waals surface area contributed by atoms with Gasteiger partial charge in [-0.05, 0) is 83.8 Å². The molecule has 0 unspecified atom stereocenters. The van der Waals surface area contributed by atoms with Crippen molar-refractivity contribution in [1.29, 1.82) is 0 Å². The van der Waals surface area contributed by atoms with Gasteiger partial charge in [-0.3, -0.25) is 9.69 Å². The molecule has 1 aliphatic heterocycles. The van der Waals surface area contributed by atoms with Crippen LogP contribution in [0.2, 0.25) is 10.0 Å². The molecule has 1 aromatic heterocycles. The zero-order valence-corrected chi connectivity index (χ0v) is 29.0. The van der Waals surface area contributed by atoms with Crippen LogP contribution in [0.5, 0.6) is 23.1 Å². The van der Waals surface area contributed by atoms with Crippen LogP contribution in [0.3, 0.4) is 0 Å². The van der Waals surface area contributed by atoms with E-state index in [0.717, 1.165) is 41.9 Å². The summed E-state index contributed by atoms with van der Waals surface area (Å²) in [6.07, 6.45) is 4.96. The third-order valence-corrected chi connectivity index (χ3v) is 8.92. The number of rotatable bonds is 12. The second kappa shape index (κ2) is 16.7. The molecule has 1 amide bonds. The highest BCUT2D eigenvalue weighted by Crippen LogP contribution is 2.34. The molecule has 0 saturated carbocycles. The van der Waals surface area contributed by atoms with Crippen LogP contribution in [0.15, 0.2) is 109 Å². The Morgan fingerprint density at radius 1 is 0.820 bits per heavy atom. The maximum Gasteiger partial charge on any atom is 0.246 e. The van der Waals surface area contributed by atoms with Gasteiger partial charge in [0.05, 0.1) is 11.2 Å². The van der Waals surface area contributed by atoms with E-state index >= 15 is 0 Å². The van der Waals surface area contributed by atoms with Gasteiger partial charge in [0.2, 0.25) is 11.8 Å². The molecule has 2 heterocycles. The maximum absolute atomic E-state index is 13.1. The van der Waals surface area contributed by atoms with E-state index < -0.39 is 0 Å². The minimum Gasteiger partial charge on any atom is -0.489 e. The summed E-state index contributed by atoms with van der Waals surface area (Å²) in [5, 5.41) is 1.07. The number of aryl methyl sites for hydroxylation is 1. The molecule has 0 bridgehead atoms. The summed E-state index contributed by atoms with van der Waals surface area (Å²) in [5.41, 5.74) is 4.74. The number of aromatic nitrogens is 1. The van der Waals surface area contributed by atoms with Gasteiger partial charge in [-0.2, -0.15) is 0 Å². The van der Waals surface area contributed by atoms with E-state index in [1.165, 1.54) is 17.7 Å². The van der Waals surface area contributed by atoms with Gasteiger partial charge in [0.15, 0.2) is 5.75 Å². The molecule has 50 heavy (non-hydrogen) atoms. The number of halogens is 3. The highest BCUT2D eigenvalue weighted by atomic mass is 35.5. The molecule has 0 atom stereocenters. The van der Waals surface area contributed by atoms with E-state index in [4.69, 9.17) is 37.4 Å². The van der Waals surface area contributed by atoms with E-state index in [1.807, 2.05) is 54.3 Å². The molecule has 0 N–H and O–H groups in total. The molecule has 10 heteroatoms. The highest BCUT2D eigenvalue weighted by molar-refractivity contribution is 6.32. The summed E-state index contributed by atoms with van der Waals surface area (Å²) < 4.78 is 30.6. The summed E-state index contributed by atoms with van der Waals surface area (Å²) in [6.45, 7) is 6.32. The van der Waals surface area contributed by atoms with Crippen molar-refractivity contribution in [1.82, 2.24) is 14.8 Å². The van der Waals surface area contributed by atoms with Crippen molar-refractivity contribution < 1.29 is 23.4 Å². The van der Waals surface area contributed by atoms with Crippen molar-refractivity contribution >= 4 is 35.2 Å². The predicted molar refractivity (Wildman–Crippen MR) is 194 cm³/mol. The molecule has 1 aliphatic rings. The van der Waals surface area contributed by atoms with Crippen molar-refractivity contribution in [2.24, 2.45) is 0 Å². The number of benzene rings is 4. The van der Waals surface area contributed by atoms with Gasteiger partial charge in [-0.15, -0.1) is 0 Å². The van der Waals surface area contributed by atoms with Crippen molar-refractivity contribution in [3.63, 3.8) is 0 Å². The third-order valence-electron chi connectivity index (χ3n) is 8.27. The fourth-order valence-electron chi connectivity index (χ4n) is 5.47. The molecular formula is C40H36Cl2FN3O4. The number of hydrogen-bond acceptors (Lipinski definition) is 6. The lowest BCUT2D eigenvalue weighted by Crippen LogP contribution is -2.47. The Labute approximate surface area is 301 Å². The zero-order valence-electron chi connectivity index (χ0n) is 27.5. The average molecular weight is 713 g/mol. The second-order valence-corrected chi connectivity index (χ2v) is 12.8. The Hall–Kier alpha value is -4.89. The Balaban J connectivity index is 0.949. The van der Waals surface area contributed by atoms with Crippen molar-refractivity contribution in [2.75, 3.05) is 26.2 Å². The molecule has 4 aromatic carbocycles. The van der Waals surface area contributed by atoms with Crippen molar-refractivity contribution in [3.05, 3.63) is 153 Å². The smallest absolute Gasteiger partial charge is 0.246 e. The largest absolute Gasteiger partial charge is 0.489 e. The quantitative estimate of drug-likeness (QED) is 0.120. The normalized spacial score (nSPS) is 13.4. The summed E-state index contributed by atoms with van der Waals surface area (Å²) in [4.78, 5) is 21.6. The van der Waals surface area contributed by atoms with Crippen LogP contribution in [0, 0.1) is 12.7 Å². The minimum atomic E-state index is -0.284. The summed E-state index contributed by atoms with van der Waals surface area (Å²) >= 11 is 12.8. The van der Waals surface area contributed by atoms with E-state index in [0.29, 0.717) is 59.5 Å². The fourth-order valence-corrected chi connectivity index (χ4v) is 5.98. The maximum atomic E-state index is 13.1. The lowest BCUT2D eigenvalue weighted by Gasteiger charge is -2.34. The molecule has 1 saturated heterocycles.